The van der Waals surface area contributed by atoms with E-state index in [2.05, 4.69) is 22.2 Å². The van der Waals surface area contributed by atoms with E-state index in [4.69, 9.17) is 10.5 Å². The zero-order chi connectivity index (χ0) is 18.8. The first-order valence-corrected chi connectivity index (χ1v) is 8.17. The summed E-state index contributed by atoms with van der Waals surface area (Å²) >= 11 is 0. The molecule has 0 saturated carbocycles. The van der Waals surface area contributed by atoms with Crippen LogP contribution < -0.4 is 21.1 Å². The highest BCUT2D eigenvalue weighted by Crippen LogP contribution is 2.16. The van der Waals surface area contributed by atoms with E-state index in [1.165, 1.54) is 12.3 Å². The van der Waals surface area contributed by atoms with Crippen molar-refractivity contribution in [2.45, 2.75) is 6.42 Å². The first-order valence-electron chi connectivity index (χ1n) is 8.17. The van der Waals surface area contributed by atoms with Crippen molar-refractivity contribution in [2.75, 3.05) is 19.0 Å². The molecular formula is C20H23FN4O. The van der Waals surface area contributed by atoms with Crippen LogP contribution in [0.1, 0.15) is 5.56 Å². The lowest BCUT2D eigenvalue weighted by molar-refractivity contribution is 0.415. The van der Waals surface area contributed by atoms with Gasteiger partial charge in [-0.3, -0.25) is 0 Å². The largest absolute Gasteiger partial charge is 0.497 e. The Labute approximate surface area is 153 Å². The Hall–Kier alpha value is -3.28. The maximum absolute atomic E-state index is 13.7. The van der Waals surface area contributed by atoms with Crippen LogP contribution in [-0.4, -0.2) is 19.9 Å². The standard InChI is InChI=1S/C20H23FN4O/c1-3-13-23-20(24-14-12-15-6-4-5-7-18(15)21)19(22)25-16-8-10-17(26-2)11-9-16/h3-11,13,24-25H,1,12,14,22H2,2H3/b20-19-,23-13?. The van der Waals surface area contributed by atoms with Crippen LogP contribution in [0, 0.1) is 5.82 Å². The molecule has 0 aliphatic carbocycles. The summed E-state index contributed by atoms with van der Waals surface area (Å²) in [6.07, 6.45) is 3.60. The predicted molar refractivity (Wildman–Crippen MR) is 105 cm³/mol. The van der Waals surface area contributed by atoms with Gasteiger partial charge >= 0.3 is 0 Å². The molecule has 0 heterocycles. The number of methoxy groups -OCH3 is 1. The molecule has 4 N–H and O–H groups in total. The van der Waals surface area contributed by atoms with Gasteiger partial charge in [-0.2, -0.15) is 0 Å². The van der Waals surface area contributed by atoms with Crippen LogP contribution in [0.4, 0.5) is 10.1 Å². The molecule has 26 heavy (non-hydrogen) atoms. The third-order valence-corrected chi connectivity index (χ3v) is 3.58. The summed E-state index contributed by atoms with van der Waals surface area (Å²) < 4.78 is 18.8. The van der Waals surface area contributed by atoms with Crippen molar-refractivity contribution >= 4 is 11.9 Å². The second-order valence-corrected chi connectivity index (χ2v) is 5.40. The Morgan fingerprint density at radius 3 is 2.62 bits per heavy atom. The van der Waals surface area contributed by atoms with Gasteiger partial charge in [0.25, 0.3) is 0 Å². The molecule has 0 atom stereocenters. The average molecular weight is 354 g/mol. The summed E-state index contributed by atoms with van der Waals surface area (Å²) in [5, 5.41) is 6.21. The SMILES string of the molecule is C=CC=N/C(NCCc1ccccc1F)=C(\N)Nc1ccc(OC)cc1. The molecule has 2 aromatic carbocycles. The lowest BCUT2D eigenvalue weighted by Gasteiger charge is -2.13. The fourth-order valence-corrected chi connectivity index (χ4v) is 2.24. The van der Waals surface area contributed by atoms with Crippen LogP contribution in [0.3, 0.4) is 0 Å². The maximum atomic E-state index is 13.7. The lowest BCUT2D eigenvalue weighted by atomic mass is 10.1. The summed E-state index contributed by atoms with van der Waals surface area (Å²) in [6.45, 7) is 4.09. The second-order valence-electron chi connectivity index (χ2n) is 5.40. The number of nitrogens with one attached hydrogen (secondary N) is 2. The molecule has 0 aliphatic heterocycles. The van der Waals surface area contributed by atoms with Crippen molar-refractivity contribution in [3.8, 4) is 5.75 Å². The third kappa shape index (κ3) is 5.66. The van der Waals surface area contributed by atoms with Crippen LogP contribution in [0.15, 0.2) is 77.8 Å². The number of benzene rings is 2. The molecular weight excluding hydrogens is 331 g/mol. The molecule has 2 rings (SSSR count). The molecule has 0 saturated heterocycles. The van der Waals surface area contributed by atoms with Crippen molar-refractivity contribution in [3.05, 3.63) is 84.2 Å². The number of ether oxygens (including phenoxy) is 1. The Morgan fingerprint density at radius 1 is 1.23 bits per heavy atom. The van der Waals surface area contributed by atoms with Gasteiger partial charge in [0.05, 0.1) is 7.11 Å². The normalized spacial score (nSPS) is 11.8. The fourth-order valence-electron chi connectivity index (χ4n) is 2.24. The van der Waals surface area contributed by atoms with Gasteiger partial charge in [-0.25, -0.2) is 9.38 Å². The average Bonchev–Trinajstić information content (AvgIpc) is 2.66. The van der Waals surface area contributed by atoms with Crippen LogP contribution in [0.25, 0.3) is 0 Å². The van der Waals surface area contributed by atoms with Gasteiger partial charge in [0.15, 0.2) is 5.82 Å². The molecule has 5 nitrogen and oxygen atoms in total. The van der Waals surface area contributed by atoms with E-state index in [0.717, 1.165) is 11.4 Å². The van der Waals surface area contributed by atoms with Gasteiger partial charge in [-0.1, -0.05) is 30.9 Å². The van der Waals surface area contributed by atoms with Crippen LogP contribution >= 0.6 is 0 Å². The van der Waals surface area contributed by atoms with E-state index in [1.807, 2.05) is 30.3 Å². The number of halogens is 1. The van der Waals surface area contributed by atoms with Crippen LogP contribution in [0.2, 0.25) is 0 Å². The van der Waals surface area contributed by atoms with Crippen molar-refractivity contribution in [1.29, 1.82) is 0 Å². The van der Waals surface area contributed by atoms with Gasteiger partial charge < -0.3 is 21.1 Å². The van der Waals surface area contributed by atoms with Crippen LogP contribution in [0.5, 0.6) is 5.75 Å². The summed E-state index contributed by atoms with van der Waals surface area (Å²) in [5.74, 6) is 1.34. The van der Waals surface area contributed by atoms with Crippen LogP contribution in [-0.2, 0) is 6.42 Å². The molecule has 136 valence electrons. The summed E-state index contributed by atoms with van der Waals surface area (Å²) in [6, 6.07) is 14.0. The highest BCUT2D eigenvalue weighted by atomic mass is 19.1. The third-order valence-electron chi connectivity index (χ3n) is 3.58. The minimum Gasteiger partial charge on any atom is -0.497 e. The molecule has 0 amide bonds. The quantitative estimate of drug-likeness (QED) is 0.604. The van der Waals surface area contributed by atoms with Gasteiger partial charge in [0.1, 0.15) is 17.4 Å². The van der Waals surface area contributed by atoms with E-state index < -0.39 is 0 Å². The fraction of sp³-hybridized carbons (Fsp3) is 0.150. The number of anilines is 1. The Morgan fingerprint density at radius 2 is 1.96 bits per heavy atom. The van der Waals surface area contributed by atoms with Crippen molar-refractivity contribution in [1.82, 2.24) is 5.32 Å². The van der Waals surface area contributed by atoms with Gasteiger partial charge in [-0.15, -0.1) is 0 Å². The molecule has 0 fully saturated rings. The summed E-state index contributed by atoms with van der Waals surface area (Å²) in [4.78, 5) is 4.25. The number of allylic oxidation sites excluding steroid dienone is 1. The molecule has 0 spiro atoms. The van der Waals surface area contributed by atoms with Crippen molar-refractivity contribution in [3.63, 3.8) is 0 Å². The van der Waals surface area contributed by atoms with E-state index in [0.29, 0.717) is 30.2 Å². The molecule has 0 radical (unpaired) electrons. The number of hydrogen-bond donors (Lipinski definition) is 3. The predicted octanol–water partition coefficient (Wildman–Crippen LogP) is 3.42. The first-order chi connectivity index (χ1) is 12.6. The second kappa shape index (κ2) is 9.88. The molecule has 2 aromatic rings. The Balaban J connectivity index is 2.06. The minimum absolute atomic E-state index is 0.223. The van der Waals surface area contributed by atoms with Gasteiger partial charge in [0.2, 0.25) is 0 Å². The highest BCUT2D eigenvalue weighted by molar-refractivity contribution is 5.71. The Kier molecular flexibility index (Phi) is 7.24. The minimum atomic E-state index is -0.223. The summed E-state index contributed by atoms with van der Waals surface area (Å²) in [5.41, 5.74) is 7.55. The van der Waals surface area contributed by atoms with Gasteiger partial charge in [-0.05, 0) is 42.3 Å². The first kappa shape index (κ1) is 19.1. The topological polar surface area (TPSA) is 71.7 Å². The smallest absolute Gasteiger partial charge is 0.166 e. The van der Waals surface area contributed by atoms with E-state index in [1.54, 1.807) is 25.3 Å². The number of aliphatic imine (C=N–C) groups is 1. The number of rotatable bonds is 9. The molecule has 0 aliphatic rings. The zero-order valence-corrected chi connectivity index (χ0v) is 14.7. The van der Waals surface area contributed by atoms with Crippen molar-refractivity contribution in [2.24, 2.45) is 10.7 Å². The maximum Gasteiger partial charge on any atom is 0.166 e. The molecule has 0 bridgehead atoms. The Bertz CT molecular complexity index is 785. The van der Waals surface area contributed by atoms with Gasteiger partial charge in [0, 0.05) is 18.4 Å². The van der Waals surface area contributed by atoms with Crippen molar-refractivity contribution < 1.29 is 9.13 Å². The monoisotopic (exact) mass is 354 g/mol. The molecule has 6 heteroatoms. The zero-order valence-electron chi connectivity index (χ0n) is 14.7. The molecule has 0 aromatic heterocycles. The number of hydrogen-bond acceptors (Lipinski definition) is 5. The van der Waals surface area contributed by atoms with E-state index >= 15 is 0 Å². The van der Waals surface area contributed by atoms with E-state index in [-0.39, 0.29) is 5.82 Å². The highest BCUT2D eigenvalue weighted by Gasteiger charge is 2.05. The number of nitrogens with two attached hydrogens (primary N) is 1. The lowest BCUT2D eigenvalue weighted by Crippen LogP contribution is -2.23. The number of nitrogens with zero attached hydrogens (tertiary/aromatic N) is 1. The molecule has 0 unspecified atom stereocenters. The summed E-state index contributed by atoms with van der Waals surface area (Å²) in [7, 11) is 1.61. The van der Waals surface area contributed by atoms with E-state index in [9.17, 15) is 4.39 Å².